The van der Waals surface area contributed by atoms with Gasteiger partial charge in [0, 0.05) is 13.2 Å². The van der Waals surface area contributed by atoms with Crippen molar-refractivity contribution < 1.29 is 33.2 Å². The molecule has 0 amide bonds. The minimum atomic E-state index is 0.538. The van der Waals surface area contributed by atoms with Crippen LogP contribution in [-0.2, 0) is 33.2 Å². The van der Waals surface area contributed by atoms with Crippen LogP contribution in [-0.4, -0.2) is 99.0 Å². The Balaban J connectivity index is 2.97. The second-order valence-electron chi connectivity index (χ2n) is 6.49. The van der Waals surface area contributed by atoms with Crippen LogP contribution in [0.5, 0.6) is 0 Å². The van der Waals surface area contributed by atoms with Gasteiger partial charge in [0.15, 0.2) is 0 Å². The third-order valence-corrected chi connectivity index (χ3v) is 3.89. The maximum Gasteiger partial charge on any atom is 0.0701 e. The summed E-state index contributed by atoms with van der Waals surface area (Å²) in [7, 11) is 0. The lowest BCUT2D eigenvalue weighted by molar-refractivity contribution is -0.0203. The van der Waals surface area contributed by atoms with E-state index < -0.39 is 0 Å². The summed E-state index contributed by atoms with van der Waals surface area (Å²) in [6.07, 6.45) is 6.32. The molecule has 0 aromatic carbocycles. The van der Waals surface area contributed by atoms with Gasteiger partial charge in [-0.05, 0) is 6.42 Å². The van der Waals surface area contributed by atoms with Crippen LogP contribution in [0.1, 0.15) is 39.0 Å². The average molecular weight is 424 g/mol. The highest BCUT2D eigenvalue weighted by Gasteiger charge is 1.95. The highest BCUT2D eigenvalue weighted by atomic mass is 16.6. The zero-order valence-electron chi connectivity index (χ0n) is 18.6. The van der Waals surface area contributed by atoms with E-state index in [0.717, 1.165) is 13.0 Å². The molecule has 176 valence electrons. The van der Waals surface area contributed by atoms with E-state index in [0.29, 0.717) is 92.4 Å². The minimum Gasteiger partial charge on any atom is -0.379 e. The molecule has 0 saturated carbocycles. The Labute approximate surface area is 177 Å². The molecule has 0 spiro atoms. The highest BCUT2D eigenvalue weighted by molar-refractivity contribution is 4.42. The molecule has 2 N–H and O–H groups in total. The van der Waals surface area contributed by atoms with Gasteiger partial charge in [-0.25, -0.2) is 0 Å². The van der Waals surface area contributed by atoms with Crippen molar-refractivity contribution in [2.75, 3.05) is 99.0 Å². The Morgan fingerprint density at radius 3 is 1.03 bits per heavy atom. The molecule has 0 rings (SSSR count). The van der Waals surface area contributed by atoms with Crippen molar-refractivity contribution in [3.8, 4) is 0 Å². The molecule has 0 unspecified atom stereocenters. The molecule has 0 aromatic rings. The summed E-state index contributed by atoms with van der Waals surface area (Å²) in [5.41, 5.74) is 5.31. The summed E-state index contributed by atoms with van der Waals surface area (Å²) in [4.78, 5) is 0. The predicted octanol–water partition coefficient (Wildman–Crippen LogP) is 2.03. The van der Waals surface area contributed by atoms with Gasteiger partial charge in [0.25, 0.3) is 0 Å². The minimum absolute atomic E-state index is 0.538. The summed E-state index contributed by atoms with van der Waals surface area (Å²) in [5, 5.41) is 0. The van der Waals surface area contributed by atoms with Crippen molar-refractivity contribution >= 4 is 0 Å². The van der Waals surface area contributed by atoms with Crippen molar-refractivity contribution in [2.45, 2.75) is 39.0 Å². The van der Waals surface area contributed by atoms with E-state index in [1.807, 2.05) is 0 Å². The Hall–Kier alpha value is -0.320. The fourth-order valence-electron chi connectivity index (χ4n) is 2.31. The number of ether oxygens (including phenoxy) is 7. The number of hydrogen-bond acceptors (Lipinski definition) is 8. The van der Waals surface area contributed by atoms with Gasteiger partial charge < -0.3 is 38.9 Å². The van der Waals surface area contributed by atoms with Crippen LogP contribution >= 0.6 is 0 Å². The van der Waals surface area contributed by atoms with E-state index in [-0.39, 0.29) is 0 Å². The molecule has 0 radical (unpaired) electrons. The molecule has 0 saturated heterocycles. The summed E-state index contributed by atoms with van der Waals surface area (Å²) < 4.78 is 37.8. The van der Waals surface area contributed by atoms with Gasteiger partial charge in [-0.15, -0.1) is 0 Å². The highest BCUT2D eigenvalue weighted by Crippen LogP contribution is 2.02. The lowest BCUT2D eigenvalue weighted by Crippen LogP contribution is -2.15. The van der Waals surface area contributed by atoms with E-state index in [2.05, 4.69) is 6.92 Å². The van der Waals surface area contributed by atoms with Gasteiger partial charge in [-0.3, -0.25) is 0 Å². The molecule has 0 heterocycles. The van der Waals surface area contributed by atoms with Crippen LogP contribution in [0.25, 0.3) is 0 Å². The first-order valence-corrected chi connectivity index (χ1v) is 11.2. The first-order valence-electron chi connectivity index (χ1n) is 11.2. The number of hydrogen-bond donors (Lipinski definition) is 1. The molecule has 0 aliphatic heterocycles. The molecule has 8 nitrogen and oxygen atoms in total. The van der Waals surface area contributed by atoms with Gasteiger partial charge >= 0.3 is 0 Å². The fourth-order valence-corrected chi connectivity index (χ4v) is 2.31. The Morgan fingerprint density at radius 2 is 0.690 bits per heavy atom. The van der Waals surface area contributed by atoms with Crippen LogP contribution in [0.2, 0.25) is 0 Å². The molecule has 0 aliphatic rings. The molecule has 29 heavy (non-hydrogen) atoms. The molecule has 0 aliphatic carbocycles. The van der Waals surface area contributed by atoms with Crippen LogP contribution in [0.4, 0.5) is 0 Å². The number of unbranched alkanes of at least 4 members (excludes halogenated alkanes) is 4. The van der Waals surface area contributed by atoms with Gasteiger partial charge in [0.1, 0.15) is 0 Å². The largest absolute Gasteiger partial charge is 0.379 e. The van der Waals surface area contributed by atoms with Gasteiger partial charge in [0.2, 0.25) is 0 Å². The molecular formula is C21H45NO7. The topological polar surface area (TPSA) is 90.6 Å². The van der Waals surface area contributed by atoms with Crippen molar-refractivity contribution in [3.05, 3.63) is 0 Å². The standard InChI is InChI=1S/C21H45NO7/c1-2-3-4-5-6-8-23-10-12-25-14-16-27-18-20-29-21-19-28-17-15-26-13-11-24-9-7-22/h2-22H2,1H3. The third kappa shape index (κ3) is 27.7. The van der Waals surface area contributed by atoms with E-state index in [1.54, 1.807) is 0 Å². The van der Waals surface area contributed by atoms with Gasteiger partial charge in [0.05, 0.1) is 85.9 Å². The second kappa shape index (κ2) is 27.7. The van der Waals surface area contributed by atoms with Gasteiger partial charge in [-0.1, -0.05) is 32.6 Å². The monoisotopic (exact) mass is 423 g/mol. The fraction of sp³-hybridized carbons (Fsp3) is 1.00. The molecule has 8 heteroatoms. The van der Waals surface area contributed by atoms with E-state index in [1.165, 1.54) is 25.7 Å². The molecule has 0 fully saturated rings. The van der Waals surface area contributed by atoms with Crippen molar-refractivity contribution in [1.82, 2.24) is 0 Å². The first-order chi connectivity index (χ1) is 14.4. The number of rotatable bonds is 26. The molecule has 0 atom stereocenters. The van der Waals surface area contributed by atoms with Crippen LogP contribution in [0.15, 0.2) is 0 Å². The Morgan fingerprint density at radius 1 is 0.379 bits per heavy atom. The number of nitrogens with two attached hydrogens (primary N) is 1. The molecule has 0 aromatic heterocycles. The molecular weight excluding hydrogens is 378 g/mol. The summed E-state index contributed by atoms with van der Waals surface area (Å²) in [6.45, 7) is 11.1. The zero-order chi connectivity index (χ0) is 21.1. The van der Waals surface area contributed by atoms with Crippen molar-refractivity contribution in [1.29, 1.82) is 0 Å². The van der Waals surface area contributed by atoms with Gasteiger partial charge in [-0.2, -0.15) is 0 Å². The smallest absolute Gasteiger partial charge is 0.0701 e. The summed E-state index contributed by atoms with van der Waals surface area (Å²) >= 11 is 0. The predicted molar refractivity (Wildman–Crippen MR) is 114 cm³/mol. The lowest BCUT2D eigenvalue weighted by atomic mass is 10.2. The van der Waals surface area contributed by atoms with Crippen LogP contribution in [0, 0.1) is 0 Å². The van der Waals surface area contributed by atoms with E-state index >= 15 is 0 Å². The Bertz CT molecular complexity index is 260. The normalized spacial score (nSPS) is 11.4. The lowest BCUT2D eigenvalue weighted by Gasteiger charge is -2.08. The maximum absolute atomic E-state index is 5.53. The van der Waals surface area contributed by atoms with Crippen molar-refractivity contribution in [3.63, 3.8) is 0 Å². The quantitative estimate of drug-likeness (QED) is 0.211. The van der Waals surface area contributed by atoms with E-state index in [9.17, 15) is 0 Å². The summed E-state index contributed by atoms with van der Waals surface area (Å²) in [5.74, 6) is 0. The van der Waals surface area contributed by atoms with E-state index in [4.69, 9.17) is 38.9 Å². The van der Waals surface area contributed by atoms with Crippen LogP contribution in [0.3, 0.4) is 0 Å². The van der Waals surface area contributed by atoms with Crippen LogP contribution < -0.4 is 5.73 Å². The summed E-state index contributed by atoms with van der Waals surface area (Å²) in [6, 6.07) is 0. The first kappa shape index (κ1) is 28.7. The second-order valence-corrected chi connectivity index (χ2v) is 6.49. The zero-order valence-corrected chi connectivity index (χ0v) is 18.6. The van der Waals surface area contributed by atoms with Crippen molar-refractivity contribution in [2.24, 2.45) is 5.73 Å². The SMILES string of the molecule is CCCCCCCOCCOCCOCCOCCOCCOCCOCCN. The third-order valence-electron chi connectivity index (χ3n) is 3.89. The Kier molecular flexibility index (Phi) is 27.4. The average Bonchev–Trinajstić information content (AvgIpc) is 2.74. The molecule has 0 bridgehead atoms. The maximum atomic E-state index is 5.53.